The Labute approximate surface area is 133 Å². The lowest BCUT2D eigenvalue weighted by Gasteiger charge is -2.19. The Bertz CT molecular complexity index is 614. The molecule has 0 aliphatic rings. The molecule has 0 bridgehead atoms. The van der Waals surface area contributed by atoms with Crippen molar-refractivity contribution in [2.75, 3.05) is 0 Å². The van der Waals surface area contributed by atoms with E-state index in [-0.39, 0.29) is 30.3 Å². The Morgan fingerprint density at radius 2 is 1.95 bits per heavy atom. The van der Waals surface area contributed by atoms with E-state index in [0.29, 0.717) is 0 Å². The number of amides is 2. The van der Waals surface area contributed by atoms with Gasteiger partial charge in [-0.05, 0) is 36.1 Å². The van der Waals surface area contributed by atoms with E-state index in [0.717, 1.165) is 10.4 Å². The minimum atomic E-state index is -0.290. The zero-order chi connectivity index (χ0) is 15.9. The van der Waals surface area contributed by atoms with Gasteiger partial charge >= 0.3 is 0 Å². The van der Waals surface area contributed by atoms with E-state index >= 15 is 0 Å². The van der Waals surface area contributed by atoms with Gasteiger partial charge in [0.1, 0.15) is 0 Å². The van der Waals surface area contributed by atoms with Crippen molar-refractivity contribution in [3.05, 3.63) is 52.5 Å². The van der Waals surface area contributed by atoms with Gasteiger partial charge in [0, 0.05) is 24.2 Å². The molecule has 2 atom stereocenters. The molecular formula is C16H19N3O2S. The topological polar surface area (TPSA) is 71.1 Å². The lowest BCUT2D eigenvalue weighted by molar-refractivity contribution is -0.123. The SMILES string of the molecule is CC(=O)N[C@@H](CC(=O)N[C@H](C)c1ccncc1)c1cccs1. The molecule has 22 heavy (non-hydrogen) atoms. The second-order valence-electron chi connectivity index (χ2n) is 5.04. The Balaban J connectivity index is 1.98. The highest BCUT2D eigenvalue weighted by atomic mass is 32.1. The lowest BCUT2D eigenvalue weighted by atomic mass is 10.1. The number of aromatic nitrogens is 1. The Morgan fingerprint density at radius 3 is 2.55 bits per heavy atom. The third-order valence-electron chi connectivity index (χ3n) is 3.24. The summed E-state index contributed by atoms with van der Waals surface area (Å²) in [6, 6.07) is 7.18. The van der Waals surface area contributed by atoms with Crippen molar-refractivity contribution in [1.29, 1.82) is 0 Å². The first-order valence-electron chi connectivity index (χ1n) is 7.06. The summed E-state index contributed by atoms with van der Waals surface area (Å²) in [7, 11) is 0. The van der Waals surface area contributed by atoms with Gasteiger partial charge in [-0.2, -0.15) is 0 Å². The van der Waals surface area contributed by atoms with E-state index in [4.69, 9.17) is 0 Å². The van der Waals surface area contributed by atoms with Crippen LogP contribution in [0.5, 0.6) is 0 Å². The monoisotopic (exact) mass is 317 g/mol. The van der Waals surface area contributed by atoms with Gasteiger partial charge in [0.25, 0.3) is 0 Å². The van der Waals surface area contributed by atoms with Crippen LogP contribution in [-0.4, -0.2) is 16.8 Å². The maximum absolute atomic E-state index is 12.2. The molecule has 116 valence electrons. The number of nitrogens with zero attached hydrogens (tertiary/aromatic N) is 1. The molecule has 6 heteroatoms. The summed E-state index contributed by atoms with van der Waals surface area (Å²) in [5, 5.41) is 7.71. The average molecular weight is 317 g/mol. The number of hydrogen-bond acceptors (Lipinski definition) is 4. The second-order valence-corrected chi connectivity index (χ2v) is 6.02. The molecule has 0 saturated carbocycles. The van der Waals surface area contributed by atoms with Crippen LogP contribution in [0.1, 0.15) is 42.8 Å². The third-order valence-corrected chi connectivity index (χ3v) is 4.22. The molecule has 0 aliphatic heterocycles. The molecule has 0 fully saturated rings. The maximum Gasteiger partial charge on any atom is 0.222 e. The highest BCUT2D eigenvalue weighted by molar-refractivity contribution is 7.10. The fraction of sp³-hybridized carbons (Fsp3) is 0.312. The van der Waals surface area contributed by atoms with Gasteiger partial charge in [0.15, 0.2) is 0 Å². The van der Waals surface area contributed by atoms with Crippen LogP contribution in [0.4, 0.5) is 0 Å². The van der Waals surface area contributed by atoms with Crippen molar-refractivity contribution in [3.8, 4) is 0 Å². The van der Waals surface area contributed by atoms with Gasteiger partial charge < -0.3 is 10.6 Å². The van der Waals surface area contributed by atoms with Gasteiger partial charge in [0.2, 0.25) is 11.8 Å². The molecule has 0 radical (unpaired) electrons. The van der Waals surface area contributed by atoms with Gasteiger partial charge in [-0.1, -0.05) is 6.07 Å². The first-order valence-corrected chi connectivity index (χ1v) is 7.94. The predicted molar refractivity (Wildman–Crippen MR) is 86.3 cm³/mol. The predicted octanol–water partition coefficient (Wildman–Crippen LogP) is 2.59. The van der Waals surface area contributed by atoms with Crippen LogP contribution in [-0.2, 0) is 9.59 Å². The molecule has 0 saturated heterocycles. The van der Waals surface area contributed by atoms with E-state index in [1.165, 1.54) is 18.3 Å². The largest absolute Gasteiger partial charge is 0.350 e. The van der Waals surface area contributed by atoms with Crippen molar-refractivity contribution in [2.24, 2.45) is 0 Å². The number of thiophene rings is 1. The summed E-state index contributed by atoms with van der Waals surface area (Å²) in [5.41, 5.74) is 0.996. The number of carbonyl (C=O) groups excluding carboxylic acids is 2. The number of pyridine rings is 1. The van der Waals surface area contributed by atoms with Crippen LogP contribution in [0, 0.1) is 0 Å². The van der Waals surface area contributed by atoms with Crippen LogP contribution < -0.4 is 10.6 Å². The normalized spacial score (nSPS) is 13.2. The van der Waals surface area contributed by atoms with Gasteiger partial charge in [-0.3, -0.25) is 14.6 Å². The quantitative estimate of drug-likeness (QED) is 0.860. The molecule has 0 unspecified atom stereocenters. The van der Waals surface area contributed by atoms with Crippen LogP contribution in [0.2, 0.25) is 0 Å². The minimum absolute atomic E-state index is 0.100. The van der Waals surface area contributed by atoms with E-state index in [2.05, 4.69) is 15.6 Å². The fourth-order valence-electron chi connectivity index (χ4n) is 2.18. The highest BCUT2D eigenvalue weighted by Crippen LogP contribution is 2.22. The standard InChI is InChI=1S/C16H19N3O2S/c1-11(13-5-7-17-8-6-13)18-16(21)10-14(19-12(2)20)15-4-3-9-22-15/h3-9,11,14H,10H2,1-2H3,(H,18,21)(H,19,20)/t11-,14+/m1/s1. The summed E-state index contributed by atoms with van der Waals surface area (Å²) in [5.74, 6) is -0.246. The summed E-state index contributed by atoms with van der Waals surface area (Å²) >= 11 is 1.53. The second kappa shape index (κ2) is 7.70. The number of hydrogen-bond donors (Lipinski definition) is 2. The van der Waals surface area contributed by atoms with Crippen LogP contribution in [0.15, 0.2) is 42.0 Å². The molecule has 2 aromatic heterocycles. The number of rotatable bonds is 6. The fourth-order valence-corrected chi connectivity index (χ4v) is 2.96. The zero-order valence-corrected chi connectivity index (χ0v) is 13.4. The lowest BCUT2D eigenvalue weighted by Crippen LogP contribution is -2.33. The van der Waals surface area contributed by atoms with Gasteiger partial charge in [-0.15, -0.1) is 11.3 Å². The molecule has 2 amide bonds. The van der Waals surface area contributed by atoms with Crippen molar-refractivity contribution in [3.63, 3.8) is 0 Å². The molecule has 0 aliphatic carbocycles. The zero-order valence-electron chi connectivity index (χ0n) is 12.6. The molecule has 2 N–H and O–H groups in total. The van der Waals surface area contributed by atoms with Gasteiger partial charge in [0.05, 0.1) is 18.5 Å². The smallest absolute Gasteiger partial charge is 0.222 e. The average Bonchev–Trinajstić information content (AvgIpc) is 3.01. The third kappa shape index (κ3) is 4.66. The summed E-state index contributed by atoms with van der Waals surface area (Å²) < 4.78 is 0. The number of nitrogens with one attached hydrogen (secondary N) is 2. The van der Waals surface area contributed by atoms with Crippen molar-refractivity contribution >= 4 is 23.2 Å². The minimum Gasteiger partial charge on any atom is -0.350 e. The van der Waals surface area contributed by atoms with Crippen LogP contribution >= 0.6 is 11.3 Å². The van der Waals surface area contributed by atoms with E-state index in [1.807, 2.05) is 36.6 Å². The van der Waals surface area contributed by atoms with E-state index in [1.54, 1.807) is 12.4 Å². The maximum atomic E-state index is 12.2. The molecule has 2 heterocycles. The van der Waals surface area contributed by atoms with Crippen LogP contribution in [0.25, 0.3) is 0 Å². The highest BCUT2D eigenvalue weighted by Gasteiger charge is 2.19. The number of carbonyl (C=O) groups is 2. The summed E-state index contributed by atoms with van der Waals surface area (Å²) in [4.78, 5) is 28.5. The molecule has 2 aromatic rings. The Kier molecular flexibility index (Phi) is 5.66. The van der Waals surface area contributed by atoms with Crippen molar-refractivity contribution in [1.82, 2.24) is 15.6 Å². The Hall–Kier alpha value is -2.21. The first kappa shape index (κ1) is 16.2. The molecular weight excluding hydrogens is 298 g/mol. The Morgan fingerprint density at radius 1 is 1.23 bits per heavy atom. The first-order chi connectivity index (χ1) is 10.6. The van der Waals surface area contributed by atoms with Crippen LogP contribution in [0.3, 0.4) is 0 Å². The van der Waals surface area contributed by atoms with E-state index < -0.39 is 0 Å². The summed E-state index contributed by atoms with van der Waals surface area (Å²) in [6.07, 6.45) is 3.61. The molecule has 0 spiro atoms. The van der Waals surface area contributed by atoms with E-state index in [9.17, 15) is 9.59 Å². The molecule has 5 nitrogen and oxygen atoms in total. The molecule has 0 aromatic carbocycles. The van der Waals surface area contributed by atoms with Crippen molar-refractivity contribution < 1.29 is 9.59 Å². The van der Waals surface area contributed by atoms with Crippen molar-refractivity contribution in [2.45, 2.75) is 32.4 Å². The molecule has 2 rings (SSSR count). The summed E-state index contributed by atoms with van der Waals surface area (Å²) in [6.45, 7) is 3.38. The van der Waals surface area contributed by atoms with Gasteiger partial charge in [-0.25, -0.2) is 0 Å².